The van der Waals surface area contributed by atoms with E-state index >= 15 is 0 Å². The Kier molecular flexibility index (Phi) is 76.8. The topological polar surface area (TPSA) is 269 Å². The molecule has 98 heavy (non-hydrogen) atoms. The van der Waals surface area contributed by atoms with E-state index in [1.807, 2.05) is 0 Å². The number of unbranched alkanes of at least 4 members (excludes halogenated alkanes) is 1. The number of Topliss-reactive ketones (excluding diaryl/α,β-unsaturated/α-hetero) is 5. The van der Waals surface area contributed by atoms with Crippen LogP contribution < -0.4 is 31.9 Å². The first-order chi connectivity index (χ1) is 46.4. The molecule has 33 heteroatoms. The van der Waals surface area contributed by atoms with Gasteiger partial charge in [-0.3, -0.25) is 33.6 Å². The van der Waals surface area contributed by atoms with Crippen molar-refractivity contribution in [3.63, 3.8) is 0 Å². The number of hydrogen-bond acceptors (Lipinski definition) is 27. The second kappa shape index (κ2) is 70.4. The lowest BCUT2D eigenvalue weighted by Gasteiger charge is -2.35. The van der Waals surface area contributed by atoms with Crippen molar-refractivity contribution in [3.8, 4) is 0 Å². The highest BCUT2D eigenvalue weighted by atomic mass is 32.1. The van der Waals surface area contributed by atoms with Crippen LogP contribution >= 0.6 is 189 Å². The van der Waals surface area contributed by atoms with Gasteiger partial charge in [-0.1, -0.05) is 6.42 Å². The molecule has 0 aliphatic heterocycles. The number of carbonyl (C=O) groups is 11. The lowest BCUT2D eigenvalue weighted by Crippen LogP contribution is -2.55. The molecule has 576 valence electrons. The van der Waals surface area contributed by atoms with Gasteiger partial charge in [0.25, 0.3) is 0 Å². The van der Waals surface area contributed by atoms with Gasteiger partial charge in [-0.2, -0.15) is 189 Å². The van der Waals surface area contributed by atoms with Crippen molar-refractivity contribution in [2.24, 2.45) is 5.92 Å². The number of amides is 6. The normalized spacial score (nSPS) is 11.5. The van der Waals surface area contributed by atoms with Gasteiger partial charge in [0.15, 0.2) is 5.78 Å². The average molecular weight is 1660 g/mol. The van der Waals surface area contributed by atoms with Gasteiger partial charge in [-0.25, -0.2) is 0 Å². The molecule has 0 aromatic rings. The zero-order valence-electron chi connectivity index (χ0n) is 58.7. The molecular formula is C65H124N6O12S15. The van der Waals surface area contributed by atoms with Crippen LogP contribution in [-0.2, 0) is 57.5 Å². The zero-order valence-corrected chi connectivity index (χ0v) is 72.1. The number of carbonyl (C=O) groups excluding carboxylic acids is 11. The van der Waals surface area contributed by atoms with Crippen LogP contribution in [0, 0.1) is 5.92 Å². The molecule has 0 aliphatic rings. The summed E-state index contributed by atoms with van der Waals surface area (Å²) in [6.07, 6.45) is 19.0. The molecule has 0 aromatic heterocycles. The molecule has 0 heterocycles. The third kappa shape index (κ3) is 63.6. The van der Waals surface area contributed by atoms with Gasteiger partial charge in [-0.05, 0) is 196 Å². The number of ketones is 5. The molecule has 0 saturated heterocycles. The summed E-state index contributed by atoms with van der Waals surface area (Å²) in [5.74, 6) is 8.80. The van der Waals surface area contributed by atoms with E-state index in [1.165, 1.54) is 20.8 Å². The number of rotatable bonds is 56. The molecule has 6 amide bonds. The van der Waals surface area contributed by atoms with Crippen molar-refractivity contribution < 1.29 is 57.5 Å². The highest BCUT2D eigenvalue weighted by Crippen LogP contribution is 2.29. The Hall–Kier alpha value is 0.380. The van der Waals surface area contributed by atoms with Crippen LogP contribution in [0.1, 0.15) is 195 Å². The molecule has 18 nitrogen and oxygen atoms in total. The van der Waals surface area contributed by atoms with Crippen molar-refractivity contribution >= 4 is 254 Å². The minimum atomic E-state index is -0.609. The highest BCUT2D eigenvalue weighted by Gasteiger charge is 2.33. The molecule has 1 unspecified atom stereocenters. The second-order valence-corrected chi connectivity index (χ2v) is 30.3. The molecular weight excluding hydrogens is 1540 g/mol. The number of nitrogens with one attached hydrogen (secondary N) is 6. The Morgan fingerprint density at radius 3 is 0.867 bits per heavy atom. The predicted molar refractivity (Wildman–Crippen MR) is 459 cm³/mol. The van der Waals surface area contributed by atoms with Crippen LogP contribution in [0.4, 0.5) is 0 Å². The van der Waals surface area contributed by atoms with Gasteiger partial charge in [0.05, 0.1) is 24.2 Å². The van der Waals surface area contributed by atoms with Crippen molar-refractivity contribution in [2.75, 3.05) is 107 Å². The molecule has 0 saturated carbocycles. The van der Waals surface area contributed by atoms with Crippen LogP contribution in [-0.4, -0.2) is 199 Å². The highest BCUT2D eigenvalue weighted by molar-refractivity contribution is 7.83. The number of ether oxygens (including phenoxy) is 1. The molecule has 6 N–H and O–H groups in total. The van der Waals surface area contributed by atoms with Gasteiger partial charge < -0.3 is 55.8 Å². The summed E-state index contributed by atoms with van der Waals surface area (Å²) in [4.78, 5) is 125. The van der Waals surface area contributed by atoms with E-state index in [0.29, 0.717) is 103 Å². The molecule has 0 bridgehead atoms. The smallest absolute Gasteiger partial charge is 0.246 e. The maximum atomic E-state index is 12.4. The average Bonchev–Trinajstić information content (AvgIpc) is 0.904. The van der Waals surface area contributed by atoms with Crippen LogP contribution in [0.3, 0.4) is 0 Å². The fourth-order valence-electron chi connectivity index (χ4n) is 9.11. The Bertz CT molecular complexity index is 2120. The summed E-state index contributed by atoms with van der Waals surface area (Å²) in [6.45, 7) is 6.99. The van der Waals surface area contributed by atoms with Crippen LogP contribution in [0.15, 0.2) is 0 Å². The van der Waals surface area contributed by atoms with E-state index in [2.05, 4.69) is 221 Å². The lowest BCUT2D eigenvalue weighted by molar-refractivity contribution is -0.131. The van der Waals surface area contributed by atoms with Gasteiger partial charge >= 0.3 is 0 Å². The molecule has 0 fully saturated rings. The summed E-state index contributed by atoms with van der Waals surface area (Å²) in [7, 11) is 0. The van der Waals surface area contributed by atoms with E-state index in [0.717, 1.165) is 142 Å². The maximum absolute atomic E-state index is 12.4. The fourth-order valence-corrected chi connectivity index (χ4v) is 14.6. The quantitative estimate of drug-likeness (QED) is 0.0200. The van der Waals surface area contributed by atoms with E-state index < -0.39 is 17.0 Å². The first-order valence-electron chi connectivity index (χ1n) is 33.4. The monoisotopic (exact) mass is 1660 g/mol. The molecule has 0 aliphatic carbocycles. The van der Waals surface area contributed by atoms with E-state index in [-0.39, 0.29) is 102 Å². The van der Waals surface area contributed by atoms with E-state index in [4.69, 9.17) is 4.74 Å². The van der Waals surface area contributed by atoms with Gasteiger partial charge in [0, 0.05) is 95.8 Å². The van der Waals surface area contributed by atoms with Crippen molar-refractivity contribution in [2.45, 2.75) is 223 Å². The standard InChI is InChI=1S/C18H34N2O3S3.C16H31NO2S3.C11H20N2O4S3.C10H19NO2S3.C10H20OS3/c1-15(21)6-2-7-16(22)19-14-17(23)20-18(8-3-11-24,9-4-12-25)10-5-13-26;1-14(18)6-2-7-15(19)17-16(8-3-11-20,9-4-12-21)10-5-13-22;1-8(14)3-17-4-10(16)12-2-9(15)13-11(5-18,6-19)7-20;1-8(12)3-2-4-9(13)11-10(5-14,6-15)7-16;1-8(11)4-2-3-5-10(14)9(6-12)7-13/h24-26H,2-14H2,1H3,(H,19,22)(H,20,23);20-22H,2-13H2,1H3,(H,17,19);18-20H,2-7H2,1H3,(H,12,16)(H,13,15);14-16H,2-7H2,1H3,(H,11,13);9-10,12-14H,2-7H2,1H3. The minimum absolute atomic E-state index is 0.0384. The van der Waals surface area contributed by atoms with E-state index in [9.17, 15) is 52.7 Å². The SMILES string of the molecule is CC(=O)CCCC(=O)NC(CCCS)(CCCS)CCCS.CC(=O)CCCC(=O)NC(CS)(CS)CS.CC(=O)CCCC(=O)NCC(=O)NC(CCCS)(CCCS)CCCS.CC(=O)CCCCC(S)C(CS)CS.CC(=O)COCC(=O)NCC(=O)NC(CS)(CS)CS. The maximum Gasteiger partial charge on any atom is 0.246 e. The Labute approximate surface area is 672 Å². The van der Waals surface area contributed by atoms with Crippen molar-refractivity contribution in [1.29, 1.82) is 0 Å². The van der Waals surface area contributed by atoms with Crippen molar-refractivity contribution in [3.05, 3.63) is 0 Å². The molecule has 0 spiro atoms. The Morgan fingerprint density at radius 2 is 0.582 bits per heavy atom. The fraction of sp³-hybridized carbons (Fsp3) is 0.831. The second-order valence-electron chi connectivity index (χ2n) is 24.3. The molecule has 0 radical (unpaired) electrons. The summed E-state index contributed by atoms with van der Waals surface area (Å²) in [5.41, 5.74) is -1.52. The third-order valence-electron chi connectivity index (χ3n) is 14.8. The Morgan fingerprint density at radius 1 is 0.306 bits per heavy atom. The Balaban J connectivity index is -0.000000373. The molecule has 0 rings (SSSR count). The van der Waals surface area contributed by atoms with Gasteiger partial charge in [0.2, 0.25) is 35.4 Å². The first-order valence-corrected chi connectivity index (χ1v) is 42.8. The van der Waals surface area contributed by atoms with Crippen LogP contribution in [0.2, 0.25) is 0 Å². The third-order valence-corrected chi connectivity index (χ3v) is 22.0. The summed E-state index contributed by atoms with van der Waals surface area (Å²) in [5, 5.41) is 17.4. The molecule has 0 aromatic carbocycles. The van der Waals surface area contributed by atoms with Crippen LogP contribution in [0.5, 0.6) is 0 Å². The number of thiol groups is 15. The summed E-state index contributed by atoms with van der Waals surface area (Å²) >= 11 is 63.9. The van der Waals surface area contributed by atoms with Crippen molar-refractivity contribution in [1.82, 2.24) is 31.9 Å². The number of hydrogen-bond donors (Lipinski definition) is 21. The zero-order chi connectivity index (χ0) is 75.9. The largest absolute Gasteiger partial charge is 0.364 e. The summed E-state index contributed by atoms with van der Waals surface area (Å²) in [6, 6.07) is 0. The molecule has 1 atom stereocenters. The van der Waals surface area contributed by atoms with Gasteiger partial charge in [0.1, 0.15) is 36.3 Å². The van der Waals surface area contributed by atoms with Gasteiger partial charge in [-0.15, -0.1) is 0 Å². The van der Waals surface area contributed by atoms with E-state index in [1.54, 1.807) is 13.8 Å². The summed E-state index contributed by atoms with van der Waals surface area (Å²) < 4.78 is 4.82. The van der Waals surface area contributed by atoms with Crippen LogP contribution in [0.25, 0.3) is 0 Å². The minimum Gasteiger partial charge on any atom is -0.364 e. The first kappa shape index (κ1) is 107. The lowest BCUT2D eigenvalue weighted by atomic mass is 9.84. The predicted octanol–water partition coefficient (Wildman–Crippen LogP) is 10.2.